The molecule has 3 nitrogen and oxygen atoms in total. The van der Waals surface area contributed by atoms with Crippen LogP contribution in [0.3, 0.4) is 0 Å². The molecule has 0 aliphatic carbocycles. The largest absolute Gasteiger partial charge is 0.398 e. The van der Waals surface area contributed by atoms with E-state index in [-0.39, 0.29) is 0 Å². The fourth-order valence-electron chi connectivity index (χ4n) is 1.52. The summed E-state index contributed by atoms with van der Waals surface area (Å²) >= 11 is 1.74. The van der Waals surface area contributed by atoms with Gasteiger partial charge >= 0.3 is 0 Å². The summed E-state index contributed by atoms with van der Waals surface area (Å²) in [5, 5.41) is 1.02. The van der Waals surface area contributed by atoms with Crippen LogP contribution in [0.2, 0.25) is 0 Å². The van der Waals surface area contributed by atoms with Crippen LogP contribution in [0.1, 0.15) is 0 Å². The normalized spacial score (nSPS) is 10.8. The average Bonchev–Trinajstić information content (AvgIpc) is 2.33. The number of rotatable bonds is 4. The Morgan fingerprint density at radius 2 is 2.25 bits per heavy atom. The number of thioether (sulfide) groups is 1. The molecule has 0 aliphatic heterocycles. The van der Waals surface area contributed by atoms with Crippen LogP contribution in [-0.2, 0) is 4.74 Å². The van der Waals surface area contributed by atoms with Gasteiger partial charge in [-0.2, -0.15) is 0 Å². The molecule has 2 rings (SSSR count). The molecular weight excluding hydrogens is 220 g/mol. The monoisotopic (exact) mass is 234 g/mol. The Balaban J connectivity index is 2.35. The summed E-state index contributed by atoms with van der Waals surface area (Å²) in [4.78, 5) is 5.53. The number of pyridine rings is 1. The molecular formula is C12H14N2OS. The van der Waals surface area contributed by atoms with E-state index in [9.17, 15) is 0 Å². The van der Waals surface area contributed by atoms with Crippen molar-refractivity contribution in [3.05, 3.63) is 30.5 Å². The number of benzene rings is 1. The lowest BCUT2D eigenvalue weighted by Crippen LogP contribution is -1.93. The zero-order valence-corrected chi connectivity index (χ0v) is 9.96. The summed E-state index contributed by atoms with van der Waals surface area (Å²) in [6, 6.07) is 7.85. The van der Waals surface area contributed by atoms with E-state index in [4.69, 9.17) is 10.5 Å². The number of nitrogen functional groups attached to an aromatic ring is 1. The number of fused-ring (bicyclic) bond motifs is 1. The van der Waals surface area contributed by atoms with Crippen LogP contribution in [0.5, 0.6) is 0 Å². The number of hydrogen-bond donors (Lipinski definition) is 1. The van der Waals surface area contributed by atoms with Crippen LogP contribution < -0.4 is 5.73 Å². The molecule has 0 saturated heterocycles. The second-order valence-electron chi connectivity index (χ2n) is 3.39. The first-order valence-electron chi connectivity index (χ1n) is 5.08. The first kappa shape index (κ1) is 11.2. The number of aromatic nitrogens is 1. The van der Waals surface area contributed by atoms with Crippen molar-refractivity contribution in [3.8, 4) is 0 Å². The van der Waals surface area contributed by atoms with Crippen molar-refractivity contribution in [1.29, 1.82) is 0 Å². The Hall–Kier alpha value is -1.26. The fourth-order valence-corrected chi connectivity index (χ4v) is 2.45. The number of nitrogens with zero attached hydrogens (tertiary/aromatic N) is 1. The molecule has 0 bridgehead atoms. The standard InChI is InChI=1S/C12H14N2OS/c1-15-7-8-16-11-5-4-10(13)9-3-2-6-14-12(9)11/h2-6H,7-8,13H2,1H3. The topological polar surface area (TPSA) is 48.1 Å². The molecule has 1 heterocycles. The summed E-state index contributed by atoms with van der Waals surface area (Å²) in [6.45, 7) is 0.739. The summed E-state index contributed by atoms with van der Waals surface area (Å²) in [5.74, 6) is 0.923. The molecule has 84 valence electrons. The van der Waals surface area contributed by atoms with Crippen LogP contribution in [0, 0.1) is 0 Å². The number of hydrogen-bond acceptors (Lipinski definition) is 4. The minimum absolute atomic E-state index is 0.739. The van der Waals surface area contributed by atoms with Crippen molar-refractivity contribution in [2.24, 2.45) is 0 Å². The molecule has 4 heteroatoms. The van der Waals surface area contributed by atoms with Gasteiger partial charge in [0.25, 0.3) is 0 Å². The van der Waals surface area contributed by atoms with Gasteiger partial charge in [-0.05, 0) is 24.3 Å². The first-order chi connectivity index (χ1) is 7.83. The molecule has 1 aromatic carbocycles. The zero-order valence-electron chi connectivity index (χ0n) is 9.14. The maximum Gasteiger partial charge on any atom is 0.0858 e. The van der Waals surface area contributed by atoms with Gasteiger partial charge in [-0.15, -0.1) is 11.8 Å². The highest BCUT2D eigenvalue weighted by Gasteiger charge is 2.04. The van der Waals surface area contributed by atoms with Gasteiger partial charge in [0.05, 0.1) is 12.1 Å². The SMILES string of the molecule is COCCSc1ccc(N)c2cccnc12. The van der Waals surface area contributed by atoms with Crippen molar-refractivity contribution in [2.75, 3.05) is 25.2 Å². The smallest absolute Gasteiger partial charge is 0.0858 e. The molecule has 0 saturated carbocycles. The minimum Gasteiger partial charge on any atom is -0.398 e. The summed E-state index contributed by atoms with van der Waals surface area (Å²) in [6.07, 6.45) is 1.79. The van der Waals surface area contributed by atoms with Gasteiger partial charge in [-0.3, -0.25) is 4.98 Å². The van der Waals surface area contributed by atoms with Crippen molar-refractivity contribution in [1.82, 2.24) is 4.98 Å². The van der Waals surface area contributed by atoms with Gasteiger partial charge in [-0.1, -0.05) is 0 Å². The summed E-state index contributed by atoms with van der Waals surface area (Å²) in [5.41, 5.74) is 7.66. The predicted molar refractivity (Wildman–Crippen MR) is 68.8 cm³/mol. The molecule has 0 atom stereocenters. The Morgan fingerprint density at radius 3 is 3.06 bits per heavy atom. The van der Waals surface area contributed by atoms with E-state index in [0.29, 0.717) is 0 Å². The van der Waals surface area contributed by atoms with Crippen LogP contribution in [0.15, 0.2) is 35.4 Å². The molecule has 0 spiro atoms. The third-order valence-electron chi connectivity index (χ3n) is 2.31. The third-order valence-corrected chi connectivity index (χ3v) is 3.32. The van der Waals surface area contributed by atoms with Crippen LogP contribution >= 0.6 is 11.8 Å². The van der Waals surface area contributed by atoms with Gasteiger partial charge in [0.2, 0.25) is 0 Å². The van der Waals surface area contributed by atoms with Gasteiger partial charge in [-0.25, -0.2) is 0 Å². The number of methoxy groups -OCH3 is 1. The van der Waals surface area contributed by atoms with E-state index in [2.05, 4.69) is 4.98 Å². The molecule has 2 aromatic rings. The Labute approximate surface area is 99.0 Å². The highest BCUT2D eigenvalue weighted by Crippen LogP contribution is 2.29. The third kappa shape index (κ3) is 2.28. The fraction of sp³-hybridized carbons (Fsp3) is 0.250. The summed E-state index contributed by atoms with van der Waals surface area (Å²) < 4.78 is 5.03. The zero-order chi connectivity index (χ0) is 11.4. The van der Waals surface area contributed by atoms with E-state index in [1.54, 1.807) is 25.1 Å². The number of anilines is 1. The lowest BCUT2D eigenvalue weighted by atomic mass is 10.2. The number of ether oxygens (including phenoxy) is 1. The quantitative estimate of drug-likeness (QED) is 0.502. The molecule has 0 aliphatic rings. The van der Waals surface area contributed by atoms with E-state index >= 15 is 0 Å². The Bertz CT molecular complexity index is 487. The second-order valence-corrected chi connectivity index (χ2v) is 4.53. The van der Waals surface area contributed by atoms with Crippen LogP contribution in [0.4, 0.5) is 5.69 Å². The van der Waals surface area contributed by atoms with Crippen LogP contribution in [0.25, 0.3) is 10.9 Å². The van der Waals surface area contributed by atoms with Gasteiger partial charge in [0.15, 0.2) is 0 Å². The van der Waals surface area contributed by atoms with Gasteiger partial charge < -0.3 is 10.5 Å². The molecule has 0 unspecified atom stereocenters. The van der Waals surface area contributed by atoms with Crippen molar-refractivity contribution in [3.63, 3.8) is 0 Å². The maximum absolute atomic E-state index is 5.91. The summed E-state index contributed by atoms with van der Waals surface area (Å²) in [7, 11) is 1.71. The first-order valence-corrected chi connectivity index (χ1v) is 6.06. The maximum atomic E-state index is 5.91. The lowest BCUT2D eigenvalue weighted by Gasteiger charge is -2.07. The predicted octanol–water partition coefficient (Wildman–Crippen LogP) is 2.56. The van der Waals surface area contributed by atoms with Crippen molar-refractivity contribution < 1.29 is 4.74 Å². The lowest BCUT2D eigenvalue weighted by molar-refractivity contribution is 0.218. The Morgan fingerprint density at radius 1 is 1.38 bits per heavy atom. The van der Waals surface area contributed by atoms with E-state index < -0.39 is 0 Å². The van der Waals surface area contributed by atoms with Gasteiger partial charge in [0, 0.05) is 35.0 Å². The average molecular weight is 234 g/mol. The molecule has 2 N–H and O–H groups in total. The molecule has 0 radical (unpaired) electrons. The van der Waals surface area contributed by atoms with Gasteiger partial charge in [0.1, 0.15) is 0 Å². The molecule has 0 amide bonds. The van der Waals surface area contributed by atoms with Crippen molar-refractivity contribution >= 4 is 28.4 Å². The number of nitrogens with two attached hydrogens (primary N) is 1. The molecule has 16 heavy (non-hydrogen) atoms. The minimum atomic E-state index is 0.739. The molecule has 0 fully saturated rings. The van der Waals surface area contributed by atoms with Crippen molar-refractivity contribution in [2.45, 2.75) is 4.90 Å². The van der Waals surface area contributed by atoms with E-state index in [1.807, 2.05) is 24.3 Å². The highest BCUT2D eigenvalue weighted by molar-refractivity contribution is 7.99. The highest BCUT2D eigenvalue weighted by atomic mass is 32.2. The second kappa shape index (κ2) is 5.18. The Kier molecular flexibility index (Phi) is 3.64. The van der Waals surface area contributed by atoms with E-state index in [0.717, 1.165) is 33.8 Å². The molecule has 1 aromatic heterocycles. The van der Waals surface area contributed by atoms with E-state index in [1.165, 1.54) is 0 Å². The van der Waals surface area contributed by atoms with Crippen LogP contribution in [-0.4, -0.2) is 24.5 Å².